The minimum atomic E-state index is -1.60. The first-order chi connectivity index (χ1) is 28.4. The molecule has 4 atom stereocenters. The molecule has 0 spiro atoms. The molecule has 1 aliphatic carbocycles. The summed E-state index contributed by atoms with van der Waals surface area (Å²) in [5, 5.41) is 30.3. The van der Waals surface area contributed by atoms with Crippen molar-refractivity contribution >= 4 is 58.3 Å². The number of rotatable bonds is 18. The number of esters is 2. The molecule has 19 heteroatoms. The fourth-order valence-electron chi connectivity index (χ4n) is 6.14. The van der Waals surface area contributed by atoms with Gasteiger partial charge in [-0.3, -0.25) is 38.4 Å². The summed E-state index contributed by atoms with van der Waals surface area (Å²) in [4.78, 5) is 115. The largest absolute Gasteiger partial charge is 0.508 e. The molecule has 0 unspecified atom stereocenters. The number of benzene rings is 3. The van der Waals surface area contributed by atoms with Gasteiger partial charge in [-0.25, -0.2) is 9.18 Å². The molecule has 60 heavy (non-hydrogen) atoms. The predicted molar refractivity (Wildman–Crippen MR) is 210 cm³/mol. The number of hydrogen-bond acceptors (Lipinski definition) is 13. The number of carbonyl (C=O) groups excluding carboxylic acids is 7. The van der Waals surface area contributed by atoms with E-state index in [1.807, 2.05) is 0 Å². The van der Waals surface area contributed by atoms with Gasteiger partial charge in [-0.1, -0.05) is 13.8 Å². The molecule has 2 aromatic carbocycles. The fourth-order valence-corrected chi connectivity index (χ4v) is 6.14. The van der Waals surface area contributed by atoms with Crippen LogP contribution in [0.25, 0.3) is 33.4 Å². The van der Waals surface area contributed by atoms with E-state index < -0.39 is 95.9 Å². The van der Waals surface area contributed by atoms with Crippen LogP contribution < -0.4 is 26.7 Å². The zero-order valence-corrected chi connectivity index (χ0v) is 33.1. The number of carbonyl (C=O) groups is 8. The number of aromatic carboxylic acids is 1. The number of aromatic hydroxyl groups is 1. The number of Topliss-reactive ketones (excluding diaryl/α,β-unsaturated/α-hetero) is 1. The van der Waals surface area contributed by atoms with Gasteiger partial charge in [0.1, 0.15) is 47.9 Å². The lowest BCUT2D eigenvalue weighted by Crippen LogP contribution is -2.59. The van der Waals surface area contributed by atoms with E-state index in [-0.39, 0.29) is 52.2 Å². The maximum absolute atomic E-state index is 13.7. The number of nitrogens with one attached hydrogen (secondary N) is 4. The number of methoxy groups -OCH3 is 2. The number of carboxylic acids is 1. The molecule has 4 amide bonds. The molecule has 2 aromatic rings. The number of hydrogen-bond donors (Lipinski definition) is 6. The smallest absolute Gasteiger partial charge is 0.336 e. The van der Waals surface area contributed by atoms with Crippen LogP contribution in [0.15, 0.2) is 63.8 Å². The zero-order chi connectivity index (χ0) is 44.4. The third-order valence-electron chi connectivity index (χ3n) is 9.38. The minimum absolute atomic E-state index is 0.0383. The molecule has 6 N–H and O–H groups in total. The molecular formula is C41H43FN4O14. The Morgan fingerprint density at radius 1 is 0.767 bits per heavy atom. The molecule has 0 saturated heterocycles. The van der Waals surface area contributed by atoms with Crippen LogP contribution in [-0.4, -0.2) is 103 Å². The molecule has 318 valence electrons. The SMILES string of the molecule is COC(=O)CC[C@H](NC(=O)[C@H](C)NC(=O)c1ccc(C(=O)O)c(-c2c3ccc(=O)cc-3oc3cc(O)ccc23)c1)C(=O)N[C@H](C(=O)N[C@@H](CC(=O)OC)C(=O)CF)C(C)C. The van der Waals surface area contributed by atoms with Crippen LogP contribution in [0, 0.1) is 5.92 Å². The lowest BCUT2D eigenvalue weighted by atomic mass is 9.89. The molecular weight excluding hydrogens is 791 g/mol. The molecule has 4 rings (SSSR count). The van der Waals surface area contributed by atoms with Gasteiger partial charge in [0.05, 0.1) is 26.2 Å². The molecule has 0 bridgehead atoms. The van der Waals surface area contributed by atoms with Crippen molar-refractivity contribution in [3.05, 3.63) is 75.9 Å². The number of carboxylic acid groups (broad SMARTS) is 1. The third kappa shape index (κ3) is 11.1. The molecule has 1 aliphatic heterocycles. The average molecular weight is 835 g/mol. The third-order valence-corrected chi connectivity index (χ3v) is 9.38. The number of ether oxygens (including phenoxy) is 2. The first-order valence-corrected chi connectivity index (χ1v) is 18.4. The van der Waals surface area contributed by atoms with Crippen molar-refractivity contribution in [3.8, 4) is 28.2 Å². The summed E-state index contributed by atoms with van der Waals surface area (Å²) in [5.74, 6) is -8.54. The van der Waals surface area contributed by atoms with Crippen LogP contribution in [0.3, 0.4) is 0 Å². The van der Waals surface area contributed by atoms with Crippen molar-refractivity contribution in [2.45, 2.75) is 64.2 Å². The van der Waals surface area contributed by atoms with Crippen LogP contribution >= 0.6 is 0 Å². The van der Waals surface area contributed by atoms with Crippen molar-refractivity contribution in [2.24, 2.45) is 5.92 Å². The Hall–Kier alpha value is -7.18. The van der Waals surface area contributed by atoms with Crippen LogP contribution in [0.5, 0.6) is 5.75 Å². The van der Waals surface area contributed by atoms with Crippen LogP contribution in [-0.2, 0) is 38.2 Å². The van der Waals surface area contributed by atoms with Crippen LogP contribution in [0.4, 0.5) is 4.39 Å². The van der Waals surface area contributed by atoms with Gasteiger partial charge in [0.25, 0.3) is 5.91 Å². The van der Waals surface area contributed by atoms with Gasteiger partial charge in [0.15, 0.2) is 11.2 Å². The van der Waals surface area contributed by atoms with Gasteiger partial charge in [-0.05, 0) is 67.3 Å². The highest BCUT2D eigenvalue weighted by molar-refractivity contribution is 6.09. The topological polar surface area (TPSA) is 274 Å². The van der Waals surface area contributed by atoms with Crippen molar-refractivity contribution in [3.63, 3.8) is 0 Å². The minimum Gasteiger partial charge on any atom is -0.508 e. The van der Waals surface area contributed by atoms with E-state index in [2.05, 4.69) is 30.7 Å². The van der Waals surface area contributed by atoms with Gasteiger partial charge < -0.3 is 45.4 Å². The zero-order valence-electron chi connectivity index (χ0n) is 33.1. The highest BCUT2D eigenvalue weighted by Crippen LogP contribution is 2.42. The Bertz CT molecular complexity index is 2360. The van der Waals surface area contributed by atoms with Crippen molar-refractivity contribution in [2.75, 3.05) is 20.9 Å². The lowest BCUT2D eigenvalue weighted by molar-refractivity contribution is -0.144. The second-order valence-electron chi connectivity index (χ2n) is 13.9. The standard InChI is InChI=1S/C41H43FN4O14/c1-19(2)36(40(55)45-29(30(49)18-42)17-34(51)59-5)46-39(54)28(12-13-33(50)58-4)44-37(52)20(3)43-38(53)21-6-9-24(41(56)57)27(14-21)35-25-10-7-22(47)15-31(25)60-32-16-23(48)8-11-26(32)35/h6-11,14-16,19-20,28-29,36,47H,12-13,17-18H2,1-5H3,(H,43,53)(H,44,52)(H,45,55)(H,46,54)(H,56,57)/t20-,28-,29-,36-/m0/s1. The number of fused-ring (bicyclic) bond motifs is 2. The van der Waals surface area contributed by atoms with E-state index in [1.54, 1.807) is 0 Å². The van der Waals surface area contributed by atoms with E-state index >= 15 is 0 Å². The van der Waals surface area contributed by atoms with Gasteiger partial charge in [-0.15, -0.1) is 0 Å². The number of ketones is 1. The summed E-state index contributed by atoms with van der Waals surface area (Å²) >= 11 is 0. The first kappa shape index (κ1) is 45.5. The Balaban J connectivity index is 1.60. The van der Waals surface area contributed by atoms with E-state index in [4.69, 9.17) is 4.42 Å². The van der Waals surface area contributed by atoms with Gasteiger partial charge >= 0.3 is 17.9 Å². The number of halogens is 1. The number of phenols is 1. The average Bonchev–Trinajstić information content (AvgIpc) is 3.21. The quantitative estimate of drug-likeness (QED) is 0.0620. The molecule has 0 fully saturated rings. The summed E-state index contributed by atoms with van der Waals surface area (Å²) in [6.45, 7) is 2.86. The number of alkyl halides is 1. The Morgan fingerprint density at radius 3 is 2.08 bits per heavy atom. The lowest BCUT2D eigenvalue weighted by Gasteiger charge is -2.27. The normalized spacial score (nSPS) is 13.1. The monoisotopic (exact) mass is 834 g/mol. The summed E-state index contributed by atoms with van der Waals surface area (Å²) in [5.41, 5.74) is 0.00832. The Kier molecular flexibility index (Phi) is 15.2. The maximum atomic E-state index is 13.7. The van der Waals surface area contributed by atoms with Crippen molar-refractivity contribution in [1.82, 2.24) is 21.3 Å². The summed E-state index contributed by atoms with van der Waals surface area (Å²) in [7, 11) is 2.14. The van der Waals surface area contributed by atoms with Crippen LogP contribution in [0.1, 0.15) is 60.7 Å². The van der Waals surface area contributed by atoms with E-state index in [9.17, 15) is 57.8 Å². The first-order valence-electron chi connectivity index (χ1n) is 18.4. The van der Waals surface area contributed by atoms with Gasteiger partial charge in [0.2, 0.25) is 17.7 Å². The number of phenolic OH excluding ortho intramolecular Hbond substituents is 1. The fraction of sp³-hybridized carbons (Fsp3) is 0.341. The summed E-state index contributed by atoms with van der Waals surface area (Å²) in [6, 6.07) is 5.82. The van der Waals surface area contributed by atoms with Crippen LogP contribution in [0.2, 0.25) is 0 Å². The molecule has 2 aliphatic rings. The Morgan fingerprint density at radius 2 is 1.45 bits per heavy atom. The van der Waals surface area contributed by atoms with Gasteiger partial charge in [-0.2, -0.15) is 0 Å². The van der Waals surface area contributed by atoms with Crippen molar-refractivity contribution in [1.29, 1.82) is 0 Å². The summed E-state index contributed by atoms with van der Waals surface area (Å²) in [6.07, 6.45) is -1.38. The molecule has 0 aromatic heterocycles. The van der Waals surface area contributed by atoms with Crippen molar-refractivity contribution < 1.29 is 66.9 Å². The van der Waals surface area contributed by atoms with E-state index in [0.717, 1.165) is 14.2 Å². The molecule has 0 saturated carbocycles. The molecule has 18 nitrogen and oxygen atoms in total. The highest BCUT2D eigenvalue weighted by atomic mass is 19.1. The second kappa shape index (κ2) is 20.0. The predicted octanol–water partition coefficient (Wildman–Crippen LogP) is 2.25. The van der Waals surface area contributed by atoms with E-state index in [0.29, 0.717) is 10.9 Å². The molecule has 1 heterocycles. The summed E-state index contributed by atoms with van der Waals surface area (Å²) < 4.78 is 28.3. The number of amides is 4. The second-order valence-corrected chi connectivity index (χ2v) is 13.9. The molecule has 0 radical (unpaired) electrons. The Labute approximate surface area is 341 Å². The highest BCUT2D eigenvalue weighted by Gasteiger charge is 2.33. The van der Waals surface area contributed by atoms with E-state index in [1.165, 1.54) is 75.4 Å². The maximum Gasteiger partial charge on any atom is 0.336 e. The van der Waals surface area contributed by atoms with Gasteiger partial charge in [0, 0.05) is 40.6 Å².